The lowest BCUT2D eigenvalue weighted by molar-refractivity contribution is 0.218. The van der Waals surface area contributed by atoms with Gasteiger partial charge in [-0.2, -0.15) is 0 Å². The molecule has 0 bridgehead atoms. The van der Waals surface area contributed by atoms with Crippen LogP contribution in [0.3, 0.4) is 0 Å². The molecule has 0 atom stereocenters. The van der Waals surface area contributed by atoms with Crippen molar-refractivity contribution in [2.75, 3.05) is 13.1 Å². The molecular formula is C14H20FN. The number of rotatable bonds is 2. The van der Waals surface area contributed by atoms with Gasteiger partial charge in [0.05, 0.1) is 0 Å². The lowest BCUT2D eigenvalue weighted by Gasteiger charge is -2.28. The van der Waals surface area contributed by atoms with Crippen molar-refractivity contribution in [3.8, 4) is 0 Å². The van der Waals surface area contributed by atoms with Crippen LogP contribution in [0, 0.1) is 0 Å². The van der Waals surface area contributed by atoms with Crippen molar-refractivity contribution in [2.24, 2.45) is 0 Å². The molecule has 16 heavy (non-hydrogen) atoms. The van der Waals surface area contributed by atoms with E-state index in [2.05, 4.69) is 11.4 Å². The molecule has 0 aliphatic carbocycles. The van der Waals surface area contributed by atoms with E-state index in [9.17, 15) is 4.39 Å². The third kappa shape index (κ3) is 2.43. The molecule has 1 fully saturated rings. The molecule has 2 rings (SSSR count). The lowest BCUT2D eigenvalue weighted by atomic mass is 9.83. The molecular weight excluding hydrogens is 201 g/mol. The molecule has 1 nitrogen and oxygen atoms in total. The Balaban J connectivity index is 2.32. The quantitative estimate of drug-likeness (QED) is 0.807. The Kier molecular flexibility index (Phi) is 3.29. The highest BCUT2D eigenvalue weighted by molar-refractivity contribution is 5.34. The first-order valence-electron chi connectivity index (χ1n) is 6.08. The molecule has 0 saturated carbocycles. The first kappa shape index (κ1) is 11.6. The molecule has 2 heteroatoms. The predicted molar refractivity (Wildman–Crippen MR) is 65.4 cm³/mol. The summed E-state index contributed by atoms with van der Waals surface area (Å²) < 4.78 is 14.1. The largest absolute Gasteiger partial charge is 0.317 e. The predicted octanol–water partition coefficient (Wildman–Crippen LogP) is 3.36. The van der Waals surface area contributed by atoms with Crippen LogP contribution in [-0.2, 0) is 5.67 Å². The zero-order valence-electron chi connectivity index (χ0n) is 10.1. The van der Waals surface area contributed by atoms with Crippen molar-refractivity contribution in [1.82, 2.24) is 5.32 Å². The van der Waals surface area contributed by atoms with Gasteiger partial charge in [-0.25, -0.2) is 4.39 Å². The molecule has 0 unspecified atom stereocenters. The smallest absolute Gasteiger partial charge is 0.130 e. The lowest BCUT2D eigenvalue weighted by Crippen LogP contribution is -2.28. The maximum absolute atomic E-state index is 14.1. The van der Waals surface area contributed by atoms with E-state index in [0.29, 0.717) is 5.92 Å². The fraction of sp³-hybridized carbons (Fsp3) is 0.571. The average molecular weight is 221 g/mol. The third-order valence-corrected chi connectivity index (χ3v) is 3.38. The molecule has 0 aromatic heterocycles. The fourth-order valence-electron chi connectivity index (χ4n) is 2.53. The highest BCUT2D eigenvalue weighted by atomic mass is 19.1. The SMILES string of the molecule is CC(C)(F)c1ccccc1C1CCNCC1. The molecule has 1 aliphatic heterocycles. The van der Waals surface area contributed by atoms with Gasteiger partial charge in [0.2, 0.25) is 0 Å². The van der Waals surface area contributed by atoms with Crippen LogP contribution in [-0.4, -0.2) is 13.1 Å². The number of benzene rings is 1. The normalized spacial score (nSPS) is 18.7. The standard InChI is InChI=1S/C14H20FN/c1-14(2,15)13-6-4-3-5-12(13)11-7-9-16-10-8-11/h3-6,11,16H,7-10H2,1-2H3. The van der Waals surface area contributed by atoms with E-state index in [1.807, 2.05) is 18.2 Å². The van der Waals surface area contributed by atoms with Crippen molar-refractivity contribution in [1.29, 1.82) is 0 Å². The van der Waals surface area contributed by atoms with Crippen LogP contribution in [0.4, 0.5) is 4.39 Å². The molecule has 1 aromatic rings. The van der Waals surface area contributed by atoms with E-state index < -0.39 is 5.67 Å². The summed E-state index contributed by atoms with van der Waals surface area (Å²) in [6, 6.07) is 7.97. The summed E-state index contributed by atoms with van der Waals surface area (Å²) in [5.74, 6) is 0.521. The molecule has 88 valence electrons. The van der Waals surface area contributed by atoms with Crippen LogP contribution in [0.25, 0.3) is 0 Å². The maximum atomic E-state index is 14.1. The Morgan fingerprint density at radius 1 is 1.19 bits per heavy atom. The van der Waals surface area contributed by atoms with E-state index in [4.69, 9.17) is 0 Å². The number of hydrogen-bond acceptors (Lipinski definition) is 1. The molecule has 1 aromatic carbocycles. The van der Waals surface area contributed by atoms with Crippen molar-refractivity contribution < 1.29 is 4.39 Å². The Morgan fingerprint density at radius 3 is 2.44 bits per heavy atom. The molecule has 0 radical (unpaired) electrons. The van der Waals surface area contributed by atoms with Gasteiger partial charge in [-0.15, -0.1) is 0 Å². The van der Waals surface area contributed by atoms with Crippen molar-refractivity contribution in [3.63, 3.8) is 0 Å². The molecule has 0 amide bonds. The zero-order valence-corrected chi connectivity index (χ0v) is 10.1. The van der Waals surface area contributed by atoms with E-state index >= 15 is 0 Å². The van der Waals surface area contributed by atoms with E-state index in [-0.39, 0.29) is 0 Å². The van der Waals surface area contributed by atoms with Gasteiger partial charge >= 0.3 is 0 Å². The van der Waals surface area contributed by atoms with Gasteiger partial charge in [-0.3, -0.25) is 0 Å². The van der Waals surface area contributed by atoms with Crippen molar-refractivity contribution in [2.45, 2.75) is 38.3 Å². The van der Waals surface area contributed by atoms with Gasteiger partial charge in [0.25, 0.3) is 0 Å². The number of piperidine rings is 1. The van der Waals surface area contributed by atoms with Crippen LogP contribution in [0.5, 0.6) is 0 Å². The minimum Gasteiger partial charge on any atom is -0.317 e. The van der Waals surface area contributed by atoms with Gasteiger partial charge < -0.3 is 5.32 Å². The number of hydrogen-bond donors (Lipinski definition) is 1. The summed E-state index contributed by atoms with van der Waals surface area (Å²) in [6.45, 7) is 5.39. The minimum atomic E-state index is -1.23. The Bertz CT molecular complexity index is 348. The summed E-state index contributed by atoms with van der Waals surface area (Å²) in [4.78, 5) is 0. The third-order valence-electron chi connectivity index (χ3n) is 3.38. The minimum absolute atomic E-state index is 0.521. The number of halogens is 1. The van der Waals surface area contributed by atoms with E-state index in [0.717, 1.165) is 31.5 Å². The first-order chi connectivity index (χ1) is 7.59. The summed E-state index contributed by atoms with van der Waals surface area (Å²) in [5, 5.41) is 3.35. The summed E-state index contributed by atoms with van der Waals surface area (Å²) >= 11 is 0. The summed E-state index contributed by atoms with van der Waals surface area (Å²) in [6.07, 6.45) is 2.24. The Labute approximate surface area is 97.1 Å². The fourth-order valence-corrected chi connectivity index (χ4v) is 2.53. The molecule has 1 N–H and O–H groups in total. The summed E-state index contributed by atoms with van der Waals surface area (Å²) in [5.41, 5.74) is 0.833. The highest BCUT2D eigenvalue weighted by Gasteiger charge is 2.26. The number of alkyl halides is 1. The molecule has 1 heterocycles. The molecule has 0 spiro atoms. The van der Waals surface area contributed by atoms with Crippen LogP contribution >= 0.6 is 0 Å². The summed E-state index contributed by atoms with van der Waals surface area (Å²) in [7, 11) is 0. The van der Waals surface area contributed by atoms with E-state index in [1.54, 1.807) is 13.8 Å². The molecule has 1 saturated heterocycles. The van der Waals surface area contributed by atoms with Crippen molar-refractivity contribution in [3.05, 3.63) is 35.4 Å². The maximum Gasteiger partial charge on any atom is 0.130 e. The van der Waals surface area contributed by atoms with Gasteiger partial charge in [0.15, 0.2) is 0 Å². The first-order valence-corrected chi connectivity index (χ1v) is 6.08. The number of nitrogens with one attached hydrogen (secondary N) is 1. The van der Waals surface area contributed by atoms with Crippen molar-refractivity contribution >= 4 is 0 Å². The van der Waals surface area contributed by atoms with Crippen LogP contribution in [0.15, 0.2) is 24.3 Å². The second-order valence-corrected chi connectivity index (χ2v) is 5.08. The van der Waals surface area contributed by atoms with Gasteiger partial charge in [0, 0.05) is 0 Å². The van der Waals surface area contributed by atoms with E-state index in [1.165, 1.54) is 5.56 Å². The average Bonchev–Trinajstić information content (AvgIpc) is 2.29. The molecule has 1 aliphatic rings. The second-order valence-electron chi connectivity index (χ2n) is 5.08. The monoisotopic (exact) mass is 221 g/mol. The zero-order chi connectivity index (χ0) is 11.6. The van der Waals surface area contributed by atoms with Crippen LogP contribution in [0.2, 0.25) is 0 Å². The van der Waals surface area contributed by atoms with Crippen LogP contribution < -0.4 is 5.32 Å². The van der Waals surface area contributed by atoms with Gasteiger partial charge in [0.1, 0.15) is 5.67 Å². The Hall–Kier alpha value is -0.890. The van der Waals surface area contributed by atoms with Gasteiger partial charge in [-0.05, 0) is 56.8 Å². The van der Waals surface area contributed by atoms with Gasteiger partial charge in [-0.1, -0.05) is 24.3 Å². The second kappa shape index (κ2) is 4.54. The Morgan fingerprint density at radius 2 is 1.81 bits per heavy atom. The topological polar surface area (TPSA) is 12.0 Å². The van der Waals surface area contributed by atoms with Crippen LogP contribution in [0.1, 0.15) is 43.7 Å². The highest BCUT2D eigenvalue weighted by Crippen LogP contribution is 2.35.